The molecule has 3 aromatic carbocycles. The first kappa shape index (κ1) is 14.2. The summed E-state index contributed by atoms with van der Waals surface area (Å²) in [5.41, 5.74) is 4.52. The summed E-state index contributed by atoms with van der Waals surface area (Å²) in [5, 5.41) is 11.9. The second kappa shape index (κ2) is 5.68. The summed E-state index contributed by atoms with van der Waals surface area (Å²) in [7, 11) is 0. The Bertz CT molecular complexity index is 1120. The van der Waals surface area contributed by atoms with Gasteiger partial charge in [0.1, 0.15) is 11.9 Å². The van der Waals surface area contributed by atoms with E-state index in [9.17, 15) is 5.26 Å². The molecule has 4 aromatic rings. The Balaban J connectivity index is 1.87. The van der Waals surface area contributed by atoms with Crippen LogP contribution < -0.4 is 0 Å². The molecular weight excluding hydrogens is 294 g/mol. The molecule has 1 aromatic heterocycles. The van der Waals surface area contributed by atoms with E-state index in [0.717, 1.165) is 32.9 Å². The number of rotatable bonds is 2. The van der Waals surface area contributed by atoms with Crippen molar-refractivity contribution >= 4 is 33.5 Å². The average molecular weight is 309 g/mol. The molecule has 0 amide bonds. The Hall–Kier alpha value is -3.38. The third kappa shape index (κ3) is 2.45. The van der Waals surface area contributed by atoms with E-state index in [1.54, 1.807) is 0 Å². The fourth-order valence-corrected chi connectivity index (χ4v) is 2.94. The largest absolute Gasteiger partial charge is 0.337 e. The summed E-state index contributed by atoms with van der Waals surface area (Å²) in [5.74, 6) is 0.603. The highest BCUT2D eigenvalue weighted by Gasteiger charge is 2.09. The van der Waals surface area contributed by atoms with Crippen LogP contribution in [-0.2, 0) is 0 Å². The van der Waals surface area contributed by atoms with Crippen LogP contribution in [-0.4, -0.2) is 9.97 Å². The van der Waals surface area contributed by atoms with Crippen LogP contribution in [0.25, 0.3) is 33.5 Å². The zero-order valence-corrected chi connectivity index (χ0v) is 13.2. The molecule has 0 bridgehead atoms. The molecule has 114 valence electrons. The monoisotopic (exact) mass is 309 g/mol. The van der Waals surface area contributed by atoms with E-state index in [2.05, 4.69) is 34.2 Å². The number of benzene rings is 3. The molecule has 1 N–H and O–H groups in total. The first-order valence-electron chi connectivity index (χ1n) is 7.81. The van der Waals surface area contributed by atoms with Crippen molar-refractivity contribution in [2.45, 2.75) is 6.92 Å². The lowest BCUT2D eigenvalue weighted by Crippen LogP contribution is -1.86. The molecule has 0 unspecified atom stereocenters. The van der Waals surface area contributed by atoms with Crippen molar-refractivity contribution < 1.29 is 0 Å². The molecule has 0 spiro atoms. The quantitative estimate of drug-likeness (QED) is 0.524. The molecule has 0 atom stereocenters. The molecule has 3 heteroatoms. The maximum Gasteiger partial charge on any atom is 0.149 e. The number of allylic oxidation sites excluding steroid dienone is 1. The van der Waals surface area contributed by atoms with Crippen LogP contribution in [0.1, 0.15) is 17.0 Å². The lowest BCUT2D eigenvalue weighted by Gasteiger charge is -2.02. The van der Waals surface area contributed by atoms with E-state index in [0.29, 0.717) is 11.4 Å². The SMILES string of the molecule is Cc1ccc2nc(/C(C#N)=C\c3cccc4ccccc34)[nH]c2c1. The number of fused-ring (bicyclic) bond motifs is 2. The van der Waals surface area contributed by atoms with Crippen molar-refractivity contribution in [2.24, 2.45) is 0 Å². The lowest BCUT2D eigenvalue weighted by atomic mass is 10.0. The summed E-state index contributed by atoms with van der Waals surface area (Å²) >= 11 is 0. The zero-order valence-electron chi connectivity index (χ0n) is 13.2. The van der Waals surface area contributed by atoms with Crippen molar-refractivity contribution in [3.8, 4) is 6.07 Å². The van der Waals surface area contributed by atoms with E-state index in [-0.39, 0.29) is 0 Å². The Labute approximate surface area is 139 Å². The van der Waals surface area contributed by atoms with E-state index in [4.69, 9.17) is 0 Å². The second-order valence-corrected chi connectivity index (χ2v) is 5.84. The molecule has 0 aliphatic rings. The van der Waals surface area contributed by atoms with Crippen molar-refractivity contribution in [1.29, 1.82) is 5.26 Å². The highest BCUT2D eigenvalue weighted by Crippen LogP contribution is 2.24. The number of nitriles is 1. The molecular formula is C21H15N3. The number of nitrogens with one attached hydrogen (secondary N) is 1. The number of H-pyrrole nitrogens is 1. The molecule has 1 heterocycles. The Morgan fingerprint density at radius 3 is 2.79 bits per heavy atom. The first-order chi connectivity index (χ1) is 11.7. The highest BCUT2D eigenvalue weighted by molar-refractivity contribution is 5.98. The summed E-state index contributed by atoms with van der Waals surface area (Å²) < 4.78 is 0. The van der Waals surface area contributed by atoms with E-state index in [1.807, 2.05) is 55.5 Å². The van der Waals surface area contributed by atoms with Gasteiger partial charge >= 0.3 is 0 Å². The fourth-order valence-electron chi connectivity index (χ4n) is 2.94. The fraction of sp³-hybridized carbons (Fsp3) is 0.0476. The van der Waals surface area contributed by atoms with Gasteiger partial charge in [-0.1, -0.05) is 48.5 Å². The molecule has 0 saturated carbocycles. The zero-order chi connectivity index (χ0) is 16.5. The first-order valence-corrected chi connectivity index (χ1v) is 7.81. The van der Waals surface area contributed by atoms with Crippen LogP contribution in [0.4, 0.5) is 0 Å². The molecule has 24 heavy (non-hydrogen) atoms. The standard InChI is InChI=1S/C21H15N3/c1-14-9-10-19-20(11-14)24-21(23-19)17(13-22)12-16-7-4-6-15-5-2-3-8-18(15)16/h2-12H,1H3,(H,23,24)/b17-12-. The minimum atomic E-state index is 0.528. The van der Waals surface area contributed by atoms with Gasteiger partial charge in [0, 0.05) is 0 Å². The van der Waals surface area contributed by atoms with E-state index < -0.39 is 0 Å². The van der Waals surface area contributed by atoms with Gasteiger partial charge in [-0.25, -0.2) is 4.98 Å². The normalized spacial score (nSPS) is 11.8. The van der Waals surface area contributed by atoms with Crippen molar-refractivity contribution in [1.82, 2.24) is 9.97 Å². The predicted molar refractivity (Wildman–Crippen MR) is 98.3 cm³/mol. The molecule has 3 nitrogen and oxygen atoms in total. The van der Waals surface area contributed by atoms with Crippen LogP contribution in [0.15, 0.2) is 60.7 Å². The third-order valence-corrected chi connectivity index (χ3v) is 4.14. The molecule has 0 aliphatic heterocycles. The highest BCUT2D eigenvalue weighted by atomic mass is 14.9. The van der Waals surface area contributed by atoms with E-state index in [1.165, 1.54) is 0 Å². The van der Waals surface area contributed by atoms with E-state index >= 15 is 0 Å². The summed E-state index contributed by atoms with van der Waals surface area (Å²) in [6, 6.07) is 22.6. The van der Waals surface area contributed by atoms with Gasteiger partial charge in [0.25, 0.3) is 0 Å². The molecule has 0 aliphatic carbocycles. The van der Waals surface area contributed by atoms with Crippen molar-refractivity contribution in [3.63, 3.8) is 0 Å². The minimum Gasteiger partial charge on any atom is -0.337 e. The Morgan fingerprint density at radius 2 is 1.92 bits per heavy atom. The number of hydrogen-bond donors (Lipinski definition) is 1. The second-order valence-electron chi connectivity index (χ2n) is 5.84. The number of aromatic amines is 1. The van der Waals surface area contributed by atoms with Gasteiger partial charge in [0.2, 0.25) is 0 Å². The minimum absolute atomic E-state index is 0.528. The van der Waals surface area contributed by atoms with Gasteiger partial charge < -0.3 is 4.98 Å². The Morgan fingerprint density at radius 1 is 1.08 bits per heavy atom. The summed E-state index contributed by atoms with van der Waals surface area (Å²) in [6.45, 7) is 2.04. The molecule has 0 radical (unpaired) electrons. The van der Waals surface area contributed by atoms with Crippen molar-refractivity contribution in [2.75, 3.05) is 0 Å². The van der Waals surface area contributed by atoms with Gasteiger partial charge in [-0.3, -0.25) is 0 Å². The smallest absolute Gasteiger partial charge is 0.149 e. The topological polar surface area (TPSA) is 52.5 Å². The van der Waals surface area contributed by atoms with Gasteiger partial charge in [-0.15, -0.1) is 0 Å². The maximum absolute atomic E-state index is 9.61. The molecule has 4 rings (SSSR count). The lowest BCUT2D eigenvalue weighted by molar-refractivity contribution is 1.27. The molecule has 0 saturated heterocycles. The Kier molecular flexibility index (Phi) is 3.36. The summed E-state index contributed by atoms with van der Waals surface area (Å²) in [6.07, 6.45) is 1.90. The number of aromatic nitrogens is 2. The maximum atomic E-state index is 9.61. The predicted octanol–water partition coefficient (Wildman–Crippen LogP) is 5.09. The van der Waals surface area contributed by atoms with Crippen LogP contribution >= 0.6 is 0 Å². The number of nitrogens with zero attached hydrogens (tertiary/aromatic N) is 2. The summed E-state index contributed by atoms with van der Waals surface area (Å²) in [4.78, 5) is 7.81. The number of imidazole rings is 1. The van der Waals surface area contributed by atoms with Gasteiger partial charge in [-0.05, 0) is 47.0 Å². The average Bonchev–Trinajstić information content (AvgIpc) is 3.02. The van der Waals surface area contributed by atoms with Gasteiger partial charge in [0.05, 0.1) is 16.6 Å². The molecule has 0 fully saturated rings. The van der Waals surface area contributed by atoms with Crippen LogP contribution in [0.3, 0.4) is 0 Å². The van der Waals surface area contributed by atoms with Gasteiger partial charge in [-0.2, -0.15) is 5.26 Å². The van der Waals surface area contributed by atoms with Crippen molar-refractivity contribution in [3.05, 3.63) is 77.6 Å². The third-order valence-electron chi connectivity index (χ3n) is 4.14. The van der Waals surface area contributed by atoms with Crippen LogP contribution in [0.5, 0.6) is 0 Å². The van der Waals surface area contributed by atoms with Crippen LogP contribution in [0, 0.1) is 18.3 Å². The van der Waals surface area contributed by atoms with Crippen LogP contribution in [0.2, 0.25) is 0 Å². The van der Waals surface area contributed by atoms with Gasteiger partial charge in [0.15, 0.2) is 0 Å². The number of aryl methyl sites for hydroxylation is 1. The number of hydrogen-bond acceptors (Lipinski definition) is 2.